The number of carbonyl (C=O) groups excluding carboxylic acids is 1. The summed E-state index contributed by atoms with van der Waals surface area (Å²) in [6, 6.07) is 0. The Labute approximate surface area is 213 Å². The topological polar surface area (TPSA) is 102 Å². The molecule has 0 fully saturated rings. The fourth-order valence-corrected chi connectivity index (χ4v) is 2.74. The zero-order valence-corrected chi connectivity index (χ0v) is 22.3. The van der Waals surface area contributed by atoms with Gasteiger partial charge in [0, 0.05) is 92.3 Å². The van der Waals surface area contributed by atoms with Gasteiger partial charge in [-0.15, -0.1) is 0 Å². The number of aliphatic hydroxyl groups is 1. The standard InChI is InChI=1S/C26H52O9/c1-3-25(2)26(28)35-24-10-23-34-22-9-21-33-20-8-19-32-18-7-17-31-16-6-15-30-14-5-13-29-12-4-11-27/h25,27H,3-24H2,1-2H3. The first-order chi connectivity index (χ1) is 17.2. The van der Waals surface area contributed by atoms with Gasteiger partial charge < -0.3 is 38.3 Å². The fraction of sp³-hybridized carbons (Fsp3) is 0.962. The molecule has 0 spiro atoms. The minimum atomic E-state index is -0.125. The largest absolute Gasteiger partial charge is 0.465 e. The minimum Gasteiger partial charge on any atom is -0.465 e. The lowest BCUT2D eigenvalue weighted by molar-refractivity contribution is -0.148. The van der Waals surface area contributed by atoms with E-state index in [2.05, 4.69) is 0 Å². The molecule has 1 unspecified atom stereocenters. The maximum absolute atomic E-state index is 11.5. The van der Waals surface area contributed by atoms with Gasteiger partial charge in [-0.25, -0.2) is 0 Å². The zero-order valence-electron chi connectivity index (χ0n) is 22.3. The molecule has 9 nitrogen and oxygen atoms in total. The van der Waals surface area contributed by atoms with Crippen LogP contribution >= 0.6 is 0 Å². The van der Waals surface area contributed by atoms with Crippen molar-refractivity contribution in [3.8, 4) is 0 Å². The van der Waals surface area contributed by atoms with E-state index in [1.54, 1.807) is 0 Å². The molecule has 0 aromatic carbocycles. The van der Waals surface area contributed by atoms with Gasteiger partial charge in [0.05, 0.1) is 12.5 Å². The van der Waals surface area contributed by atoms with Crippen LogP contribution in [-0.4, -0.2) is 104 Å². The average molecular weight is 509 g/mol. The third-order valence-corrected chi connectivity index (χ3v) is 5.03. The Morgan fingerprint density at radius 1 is 0.543 bits per heavy atom. The highest BCUT2D eigenvalue weighted by Gasteiger charge is 2.10. The molecule has 1 N–H and O–H groups in total. The van der Waals surface area contributed by atoms with E-state index in [0.717, 1.165) is 44.9 Å². The van der Waals surface area contributed by atoms with E-state index >= 15 is 0 Å². The Hall–Kier alpha value is -0.810. The van der Waals surface area contributed by atoms with Gasteiger partial charge in [-0.05, 0) is 44.9 Å². The van der Waals surface area contributed by atoms with Crippen LogP contribution < -0.4 is 0 Å². The first-order valence-electron chi connectivity index (χ1n) is 13.5. The van der Waals surface area contributed by atoms with Crippen LogP contribution in [0.1, 0.15) is 65.2 Å². The van der Waals surface area contributed by atoms with Crippen LogP contribution in [0.15, 0.2) is 0 Å². The molecule has 9 heteroatoms. The van der Waals surface area contributed by atoms with E-state index in [9.17, 15) is 4.79 Å². The van der Waals surface area contributed by atoms with E-state index in [0.29, 0.717) is 92.3 Å². The molecule has 0 aliphatic carbocycles. The molecular formula is C26H52O9. The number of aliphatic hydroxyl groups excluding tert-OH is 1. The van der Waals surface area contributed by atoms with Crippen LogP contribution in [-0.2, 0) is 38.0 Å². The van der Waals surface area contributed by atoms with Gasteiger partial charge in [-0.1, -0.05) is 13.8 Å². The second-order valence-corrected chi connectivity index (χ2v) is 8.35. The van der Waals surface area contributed by atoms with Crippen LogP contribution in [0, 0.1) is 5.92 Å². The van der Waals surface area contributed by atoms with E-state index in [1.165, 1.54) is 0 Å². The highest BCUT2D eigenvalue weighted by atomic mass is 16.5. The molecule has 0 aliphatic heterocycles. The quantitative estimate of drug-likeness (QED) is 0.120. The number of rotatable bonds is 29. The van der Waals surface area contributed by atoms with Crippen molar-refractivity contribution < 1.29 is 43.1 Å². The second kappa shape index (κ2) is 29.4. The number of hydrogen-bond acceptors (Lipinski definition) is 9. The predicted octanol–water partition coefficient (Wildman–Crippen LogP) is 3.40. The third-order valence-electron chi connectivity index (χ3n) is 5.03. The van der Waals surface area contributed by atoms with Gasteiger partial charge >= 0.3 is 5.97 Å². The Balaban J connectivity index is 3.07. The monoisotopic (exact) mass is 508 g/mol. The fourth-order valence-electron chi connectivity index (χ4n) is 2.74. The van der Waals surface area contributed by atoms with Crippen LogP contribution in [0.5, 0.6) is 0 Å². The first kappa shape index (κ1) is 34.2. The van der Waals surface area contributed by atoms with Crippen molar-refractivity contribution in [2.75, 3.05) is 92.5 Å². The van der Waals surface area contributed by atoms with Crippen LogP contribution in [0.2, 0.25) is 0 Å². The number of carbonyl (C=O) groups is 1. The third kappa shape index (κ3) is 27.6. The maximum atomic E-state index is 11.5. The van der Waals surface area contributed by atoms with Gasteiger partial charge in [0.15, 0.2) is 0 Å². The van der Waals surface area contributed by atoms with Crippen LogP contribution in [0.3, 0.4) is 0 Å². The molecule has 0 bridgehead atoms. The summed E-state index contributed by atoms with van der Waals surface area (Å²) in [5, 5.41) is 8.64. The Morgan fingerprint density at radius 2 is 0.829 bits per heavy atom. The molecule has 1 atom stereocenters. The van der Waals surface area contributed by atoms with Crippen LogP contribution in [0.25, 0.3) is 0 Å². The van der Waals surface area contributed by atoms with Gasteiger partial charge in [-0.2, -0.15) is 0 Å². The number of esters is 1. The molecule has 35 heavy (non-hydrogen) atoms. The summed E-state index contributed by atoms with van der Waals surface area (Å²) in [6.45, 7) is 12.6. The lowest BCUT2D eigenvalue weighted by Gasteiger charge is -2.09. The summed E-state index contributed by atoms with van der Waals surface area (Å²) in [5.41, 5.74) is 0. The normalized spacial score (nSPS) is 12.2. The first-order valence-corrected chi connectivity index (χ1v) is 13.5. The highest BCUT2D eigenvalue weighted by Crippen LogP contribution is 2.03. The van der Waals surface area contributed by atoms with Gasteiger partial charge in [0.2, 0.25) is 0 Å². The van der Waals surface area contributed by atoms with Gasteiger partial charge in [0.1, 0.15) is 0 Å². The Morgan fingerprint density at radius 3 is 1.11 bits per heavy atom. The predicted molar refractivity (Wildman–Crippen MR) is 135 cm³/mol. The molecule has 0 amide bonds. The van der Waals surface area contributed by atoms with Crippen molar-refractivity contribution in [1.82, 2.24) is 0 Å². The summed E-state index contributed by atoms with van der Waals surface area (Å²) in [5.74, 6) is -0.152. The van der Waals surface area contributed by atoms with Crippen molar-refractivity contribution in [3.05, 3.63) is 0 Å². The molecule has 0 aromatic heterocycles. The SMILES string of the molecule is CCC(C)C(=O)OCCCOCCCOCCCOCCCOCCCOCCCOCCCO. The van der Waals surface area contributed by atoms with Crippen molar-refractivity contribution in [2.45, 2.75) is 65.2 Å². The van der Waals surface area contributed by atoms with E-state index in [4.69, 9.17) is 38.3 Å². The molecule has 0 rings (SSSR count). The molecule has 0 saturated carbocycles. The summed E-state index contributed by atoms with van der Waals surface area (Å²) in [7, 11) is 0. The molecule has 0 aliphatic rings. The Bertz CT molecular complexity index is 424. The van der Waals surface area contributed by atoms with E-state index in [-0.39, 0.29) is 18.5 Å². The lowest BCUT2D eigenvalue weighted by atomic mass is 10.1. The smallest absolute Gasteiger partial charge is 0.308 e. The summed E-state index contributed by atoms with van der Waals surface area (Å²) >= 11 is 0. The van der Waals surface area contributed by atoms with Gasteiger partial charge in [0.25, 0.3) is 0 Å². The molecular weight excluding hydrogens is 456 g/mol. The maximum Gasteiger partial charge on any atom is 0.308 e. The summed E-state index contributed by atoms with van der Waals surface area (Å²) < 4.78 is 38.3. The molecule has 0 aromatic rings. The number of ether oxygens (including phenoxy) is 7. The summed E-state index contributed by atoms with van der Waals surface area (Å²) in [4.78, 5) is 11.5. The van der Waals surface area contributed by atoms with Crippen molar-refractivity contribution in [3.63, 3.8) is 0 Å². The van der Waals surface area contributed by atoms with Crippen molar-refractivity contribution >= 4 is 5.97 Å². The van der Waals surface area contributed by atoms with E-state index < -0.39 is 0 Å². The zero-order chi connectivity index (χ0) is 25.7. The molecule has 0 saturated heterocycles. The number of hydrogen-bond donors (Lipinski definition) is 1. The van der Waals surface area contributed by atoms with Gasteiger partial charge in [-0.3, -0.25) is 4.79 Å². The Kier molecular flexibility index (Phi) is 28.7. The lowest BCUT2D eigenvalue weighted by Crippen LogP contribution is -2.15. The van der Waals surface area contributed by atoms with Crippen molar-refractivity contribution in [1.29, 1.82) is 0 Å². The average Bonchev–Trinajstić information content (AvgIpc) is 2.87. The minimum absolute atomic E-state index is 0.0278. The molecule has 0 heterocycles. The second-order valence-electron chi connectivity index (χ2n) is 8.35. The van der Waals surface area contributed by atoms with E-state index in [1.807, 2.05) is 13.8 Å². The molecule has 0 radical (unpaired) electrons. The highest BCUT2D eigenvalue weighted by molar-refractivity contribution is 5.71. The molecule has 210 valence electrons. The van der Waals surface area contributed by atoms with Crippen LogP contribution in [0.4, 0.5) is 0 Å². The van der Waals surface area contributed by atoms with Crippen molar-refractivity contribution in [2.24, 2.45) is 5.92 Å². The summed E-state index contributed by atoms with van der Waals surface area (Å²) in [6.07, 6.45) is 6.62.